The van der Waals surface area contributed by atoms with Gasteiger partial charge >= 0.3 is 0 Å². The van der Waals surface area contributed by atoms with E-state index in [0.29, 0.717) is 5.88 Å². The van der Waals surface area contributed by atoms with Crippen molar-refractivity contribution in [2.24, 2.45) is 0 Å². The number of pyridine rings is 1. The average molecular weight is 255 g/mol. The molecule has 0 spiro atoms. The van der Waals surface area contributed by atoms with Crippen molar-refractivity contribution in [3.05, 3.63) is 48.2 Å². The summed E-state index contributed by atoms with van der Waals surface area (Å²) in [6.45, 7) is 5.50. The highest BCUT2D eigenvalue weighted by atomic mass is 16.5. The molecule has 2 aromatic rings. The molecule has 0 aliphatic rings. The van der Waals surface area contributed by atoms with Gasteiger partial charge in [0.15, 0.2) is 5.78 Å². The van der Waals surface area contributed by atoms with Gasteiger partial charge in [0.25, 0.3) is 0 Å². The number of hydrogen-bond acceptors (Lipinski definition) is 3. The molecule has 0 aliphatic heterocycles. The molecule has 0 unspecified atom stereocenters. The summed E-state index contributed by atoms with van der Waals surface area (Å²) in [5.74, 6) is 0.699. The third-order valence-electron chi connectivity index (χ3n) is 2.72. The number of carbonyl (C=O) groups is 1. The second-order valence-corrected chi connectivity index (χ2v) is 4.69. The Morgan fingerprint density at radius 2 is 1.68 bits per heavy atom. The molecule has 0 N–H and O–H groups in total. The van der Waals surface area contributed by atoms with Crippen LogP contribution in [0, 0.1) is 0 Å². The van der Waals surface area contributed by atoms with Crippen LogP contribution >= 0.6 is 0 Å². The number of benzene rings is 1. The van der Waals surface area contributed by atoms with Crippen LogP contribution in [0.15, 0.2) is 42.6 Å². The smallest absolute Gasteiger partial charge is 0.213 e. The maximum Gasteiger partial charge on any atom is 0.213 e. The molecule has 3 heteroatoms. The van der Waals surface area contributed by atoms with E-state index in [-0.39, 0.29) is 11.9 Å². The first-order valence-electron chi connectivity index (χ1n) is 6.30. The van der Waals surface area contributed by atoms with Crippen molar-refractivity contribution in [3.63, 3.8) is 0 Å². The molecule has 0 bridgehead atoms. The largest absolute Gasteiger partial charge is 0.475 e. The van der Waals surface area contributed by atoms with Crippen LogP contribution in [0.2, 0.25) is 0 Å². The molecular formula is C16H17NO2. The van der Waals surface area contributed by atoms with E-state index in [4.69, 9.17) is 4.74 Å². The molecular weight excluding hydrogens is 238 g/mol. The van der Waals surface area contributed by atoms with E-state index in [1.54, 1.807) is 13.1 Å². The second kappa shape index (κ2) is 5.65. The van der Waals surface area contributed by atoms with E-state index in [9.17, 15) is 4.79 Å². The van der Waals surface area contributed by atoms with Crippen molar-refractivity contribution in [1.82, 2.24) is 4.98 Å². The molecule has 3 nitrogen and oxygen atoms in total. The number of nitrogens with zero attached hydrogens (tertiary/aromatic N) is 1. The Bertz CT molecular complexity index is 556. The molecule has 0 saturated heterocycles. The number of ketones is 1. The highest BCUT2D eigenvalue weighted by Crippen LogP contribution is 2.21. The van der Waals surface area contributed by atoms with E-state index in [1.807, 2.05) is 50.2 Å². The van der Waals surface area contributed by atoms with E-state index >= 15 is 0 Å². The first-order chi connectivity index (χ1) is 9.06. The molecule has 1 heterocycles. The zero-order valence-electron chi connectivity index (χ0n) is 11.4. The van der Waals surface area contributed by atoms with Crippen LogP contribution in [0.4, 0.5) is 0 Å². The SMILES string of the molecule is CC(=O)c1ccc(-c2ccc(OC(C)C)nc2)cc1. The van der Waals surface area contributed by atoms with Gasteiger partial charge in [0.2, 0.25) is 5.88 Å². The Kier molecular flexibility index (Phi) is 3.95. The van der Waals surface area contributed by atoms with E-state index in [1.165, 1.54) is 0 Å². The van der Waals surface area contributed by atoms with Crippen LogP contribution < -0.4 is 4.74 Å². The lowest BCUT2D eigenvalue weighted by Crippen LogP contribution is -2.06. The Morgan fingerprint density at radius 1 is 1.05 bits per heavy atom. The summed E-state index contributed by atoms with van der Waals surface area (Å²) < 4.78 is 5.50. The quantitative estimate of drug-likeness (QED) is 0.781. The average Bonchev–Trinajstić information content (AvgIpc) is 2.39. The number of hydrogen-bond donors (Lipinski definition) is 0. The normalized spacial score (nSPS) is 10.5. The Morgan fingerprint density at radius 3 is 2.16 bits per heavy atom. The second-order valence-electron chi connectivity index (χ2n) is 4.69. The van der Waals surface area contributed by atoms with Crippen molar-refractivity contribution in [2.75, 3.05) is 0 Å². The Balaban J connectivity index is 2.19. The van der Waals surface area contributed by atoms with Gasteiger partial charge in [0.1, 0.15) is 0 Å². The van der Waals surface area contributed by atoms with Gasteiger partial charge in [-0.3, -0.25) is 4.79 Å². The highest BCUT2D eigenvalue weighted by molar-refractivity contribution is 5.94. The van der Waals surface area contributed by atoms with E-state index in [0.717, 1.165) is 16.7 Å². The molecule has 0 aliphatic carbocycles. The van der Waals surface area contributed by atoms with Gasteiger partial charge in [-0.2, -0.15) is 0 Å². The van der Waals surface area contributed by atoms with Gasteiger partial charge in [-0.05, 0) is 32.4 Å². The predicted octanol–water partition coefficient (Wildman–Crippen LogP) is 3.74. The summed E-state index contributed by atoms with van der Waals surface area (Å²) in [6.07, 6.45) is 1.90. The summed E-state index contributed by atoms with van der Waals surface area (Å²) in [5, 5.41) is 0. The van der Waals surface area contributed by atoms with Crippen LogP contribution in [0.3, 0.4) is 0 Å². The molecule has 0 saturated carbocycles. The maximum absolute atomic E-state index is 11.2. The third-order valence-corrected chi connectivity index (χ3v) is 2.72. The predicted molar refractivity (Wildman–Crippen MR) is 75.4 cm³/mol. The molecule has 0 amide bonds. The maximum atomic E-state index is 11.2. The molecule has 2 rings (SSSR count). The van der Waals surface area contributed by atoms with Crippen LogP contribution in [0.5, 0.6) is 5.88 Å². The van der Waals surface area contributed by atoms with Crippen molar-refractivity contribution >= 4 is 5.78 Å². The van der Waals surface area contributed by atoms with Crippen molar-refractivity contribution in [3.8, 4) is 17.0 Å². The Hall–Kier alpha value is -2.16. The molecule has 0 radical (unpaired) electrons. The fourth-order valence-electron chi connectivity index (χ4n) is 1.76. The third kappa shape index (κ3) is 3.41. The lowest BCUT2D eigenvalue weighted by atomic mass is 10.0. The fourth-order valence-corrected chi connectivity index (χ4v) is 1.76. The van der Waals surface area contributed by atoms with Gasteiger partial charge in [-0.1, -0.05) is 24.3 Å². The van der Waals surface area contributed by atoms with Gasteiger partial charge < -0.3 is 4.74 Å². The lowest BCUT2D eigenvalue weighted by Gasteiger charge is -2.09. The monoisotopic (exact) mass is 255 g/mol. The number of aromatic nitrogens is 1. The minimum Gasteiger partial charge on any atom is -0.475 e. The summed E-state index contributed by atoms with van der Waals surface area (Å²) in [5.41, 5.74) is 2.76. The molecule has 0 atom stereocenters. The van der Waals surface area contributed by atoms with Crippen molar-refractivity contribution in [2.45, 2.75) is 26.9 Å². The Labute approximate surface area is 113 Å². The summed E-state index contributed by atoms with van der Waals surface area (Å²) in [7, 11) is 0. The minimum atomic E-state index is 0.0744. The van der Waals surface area contributed by atoms with Crippen molar-refractivity contribution in [1.29, 1.82) is 0 Å². The first-order valence-corrected chi connectivity index (χ1v) is 6.30. The highest BCUT2D eigenvalue weighted by Gasteiger charge is 2.03. The fraction of sp³-hybridized carbons (Fsp3) is 0.250. The zero-order valence-corrected chi connectivity index (χ0v) is 11.4. The summed E-state index contributed by atoms with van der Waals surface area (Å²) in [4.78, 5) is 15.5. The van der Waals surface area contributed by atoms with E-state index < -0.39 is 0 Å². The molecule has 1 aromatic carbocycles. The first kappa shape index (κ1) is 13.3. The van der Waals surface area contributed by atoms with Gasteiger partial charge in [-0.15, -0.1) is 0 Å². The molecule has 19 heavy (non-hydrogen) atoms. The number of carbonyl (C=O) groups excluding carboxylic acids is 1. The van der Waals surface area contributed by atoms with Crippen molar-refractivity contribution < 1.29 is 9.53 Å². The molecule has 98 valence electrons. The standard InChI is InChI=1S/C16H17NO2/c1-11(2)19-16-9-8-15(10-17-16)14-6-4-13(5-7-14)12(3)18/h4-11H,1-3H3. The molecule has 0 fully saturated rings. The van der Waals surface area contributed by atoms with Crippen LogP contribution in [-0.2, 0) is 0 Å². The van der Waals surface area contributed by atoms with Gasteiger partial charge in [0.05, 0.1) is 6.10 Å². The van der Waals surface area contributed by atoms with E-state index in [2.05, 4.69) is 4.98 Å². The topological polar surface area (TPSA) is 39.2 Å². The lowest BCUT2D eigenvalue weighted by molar-refractivity contribution is 0.101. The van der Waals surface area contributed by atoms with Gasteiger partial charge in [-0.25, -0.2) is 4.98 Å². The van der Waals surface area contributed by atoms with Crippen LogP contribution in [0.1, 0.15) is 31.1 Å². The molecule has 1 aromatic heterocycles. The van der Waals surface area contributed by atoms with Crippen LogP contribution in [-0.4, -0.2) is 16.9 Å². The number of rotatable bonds is 4. The summed E-state index contributed by atoms with van der Waals surface area (Å²) in [6, 6.07) is 11.3. The summed E-state index contributed by atoms with van der Waals surface area (Å²) >= 11 is 0. The van der Waals surface area contributed by atoms with Gasteiger partial charge in [0, 0.05) is 23.4 Å². The number of ether oxygens (including phenoxy) is 1. The number of Topliss-reactive ketones (excluding diaryl/α,β-unsaturated/α-hetero) is 1. The van der Waals surface area contributed by atoms with Crippen LogP contribution in [0.25, 0.3) is 11.1 Å². The minimum absolute atomic E-state index is 0.0744. The zero-order chi connectivity index (χ0) is 13.8.